The van der Waals surface area contributed by atoms with E-state index in [1.807, 2.05) is 43.3 Å². The highest BCUT2D eigenvalue weighted by atomic mass is 35.5. The molecule has 0 spiro atoms. The zero-order chi connectivity index (χ0) is 33.7. The number of methoxy groups -OCH3 is 1. The van der Waals surface area contributed by atoms with Crippen LogP contribution in [0.15, 0.2) is 58.3 Å². The molecule has 48 heavy (non-hydrogen) atoms. The minimum atomic E-state index is -0.553. The minimum absolute atomic E-state index is 0.0189. The molecule has 0 unspecified atom stereocenters. The van der Waals surface area contributed by atoms with E-state index in [-0.39, 0.29) is 23.3 Å². The maximum Gasteiger partial charge on any atom is 0.330 e. The van der Waals surface area contributed by atoms with Gasteiger partial charge in [-0.25, -0.2) is 9.78 Å². The lowest BCUT2D eigenvalue weighted by atomic mass is 9.96. The molecule has 0 saturated carbocycles. The fourth-order valence-electron chi connectivity index (χ4n) is 6.88. The highest BCUT2D eigenvalue weighted by Gasteiger charge is 2.33. The Kier molecular flexibility index (Phi) is 8.50. The summed E-state index contributed by atoms with van der Waals surface area (Å²) in [5.74, 6) is 0.792. The van der Waals surface area contributed by atoms with Crippen LogP contribution < -0.4 is 26.6 Å². The number of hydrogen-bond acceptors (Lipinski definition) is 10. The molecular formula is C35H36ClN7O5. The van der Waals surface area contributed by atoms with Crippen molar-refractivity contribution in [2.24, 2.45) is 14.1 Å². The molecule has 3 aromatic heterocycles. The number of benzene rings is 2. The number of aromatic nitrogens is 5. The minimum Gasteiger partial charge on any atom is -0.481 e. The Bertz CT molecular complexity index is 2180. The smallest absolute Gasteiger partial charge is 0.330 e. The maximum absolute atomic E-state index is 13.1. The molecule has 12 nitrogen and oxygen atoms in total. The number of pyridine rings is 1. The highest BCUT2D eigenvalue weighted by molar-refractivity contribution is 6.36. The van der Waals surface area contributed by atoms with E-state index < -0.39 is 17.4 Å². The summed E-state index contributed by atoms with van der Waals surface area (Å²) in [4.78, 5) is 30.6. The van der Waals surface area contributed by atoms with E-state index >= 15 is 0 Å². The molecule has 5 aromatic rings. The molecule has 248 valence electrons. The second kappa shape index (κ2) is 12.8. The van der Waals surface area contributed by atoms with Gasteiger partial charge in [0.25, 0.3) is 5.56 Å². The number of nitrogens with zero attached hydrogens (tertiary/aromatic N) is 5. The summed E-state index contributed by atoms with van der Waals surface area (Å²) in [6.45, 7) is 2.92. The predicted octanol–water partition coefficient (Wildman–Crippen LogP) is 4.20. The van der Waals surface area contributed by atoms with Crippen molar-refractivity contribution in [2.45, 2.75) is 44.4 Å². The fraction of sp³-hybridized carbons (Fsp3) is 0.343. The monoisotopic (exact) mass is 669 g/mol. The lowest BCUT2D eigenvalue weighted by molar-refractivity contribution is -0.0304. The number of hydrogen-bond donors (Lipinski definition) is 3. The summed E-state index contributed by atoms with van der Waals surface area (Å²) >= 11 is 7.18. The second-order valence-corrected chi connectivity index (χ2v) is 12.7. The summed E-state index contributed by atoms with van der Waals surface area (Å²) in [6.07, 6.45) is 3.32. The molecule has 2 aromatic carbocycles. The third kappa shape index (κ3) is 5.44. The van der Waals surface area contributed by atoms with E-state index in [9.17, 15) is 14.7 Å². The van der Waals surface area contributed by atoms with Crippen molar-refractivity contribution in [3.63, 3.8) is 0 Å². The number of aliphatic hydroxyl groups is 1. The molecule has 0 amide bonds. The van der Waals surface area contributed by atoms with Crippen LogP contribution in [-0.4, -0.2) is 61.9 Å². The fourth-order valence-corrected chi connectivity index (χ4v) is 7.21. The van der Waals surface area contributed by atoms with Crippen molar-refractivity contribution in [3.8, 4) is 28.3 Å². The molecule has 3 N–H and O–H groups in total. The van der Waals surface area contributed by atoms with E-state index in [1.54, 1.807) is 14.2 Å². The molecule has 4 heterocycles. The number of rotatable bonds is 7. The summed E-state index contributed by atoms with van der Waals surface area (Å²) in [5, 5.41) is 26.4. The average Bonchev–Trinajstić information content (AvgIpc) is 3.50. The van der Waals surface area contributed by atoms with Gasteiger partial charge in [-0.15, -0.1) is 5.10 Å². The number of halogens is 1. The first-order chi connectivity index (χ1) is 23.2. The average molecular weight is 670 g/mol. The Balaban J connectivity index is 1.24. The zero-order valence-corrected chi connectivity index (χ0v) is 27.8. The topological polar surface area (TPSA) is 145 Å². The number of aryl methyl sites for hydroxylation is 2. The van der Waals surface area contributed by atoms with Crippen LogP contribution in [0.4, 0.5) is 11.5 Å². The summed E-state index contributed by atoms with van der Waals surface area (Å²) < 4.78 is 13.7. The van der Waals surface area contributed by atoms with Crippen molar-refractivity contribution < 1.29 is 14.6 Å². The van der Waals surface area contributed by atoms with Gasteiger partial charge in [-0.2, -0.15) is 5.10 Å². The third-order valence-electron chi connectivity index (χ3n) is 9.53. The summed E-state index contributed by atoms with van der Waals surface area (Å²) in [6, 6.07) is 13.7. The Labute approximate surface area is 281 Å². The number of aliphatic hydroxyl groups excluding tert-OH is 1. The first-order valence-electron chi connectivity index (χ1n) is 15.8. The van der Waals surface area contributed by atoms with Gasteiger partial charge < -0.3 is 25.2 Å². The van der Waals surface area contributed by atoms with Crippen LogP contribution in [0.1, 0.15) is 35.6 Å². The number of ether oxygens (including phenoxy) is 2. The van der Waals surface area contributed by atoms with E-state index in [0.29, 0.717) is 41.0 Å². The van der Waals surface area contributed by atoms with Gasteiger partial charge in [0.15, 0.2) is 5.82 Å². The van der Waals surface area contributed by atoms with Crippen LogP contribution in [0.25, 0.3) is 33.3 Å². The molecule has 3 atom stereocenters. The third-order valence-corrected chi connectivity index (χ3v) is 9.94. The zero-order valence-electron chi connectivity index (χ0n) is 27.1. The molecule has 1 aliphatic carbocycles. The van der Waals surface area contributed by atoms with Gasteiger partial charge in [0, 0.05) is 55.2 Å². The molecule has 1 fully saturated rings. The van der Waals surface area contributed by atoms with Gasteiger partial charge in [-0.05, 0) is 55.0 Å². The van der Waals surface area contributed by atoms with Crippen LogP contribution in [0, 0.1) is 6.92 Å². The Morgan fingerprint density at radius 1 is 1.06 bits per heavy atom. The van der Waals surface area contributed by atoms with Crippen molar-refractivity contribution >= 4 is 34.0 Å². The van der Waals surface area contributed by atoms with Crippen LogP contribution in [0.5, 0.6) is 5.88 Å². The molecular weight excluding hydrogens is 634 g/mol. The molecule has 0 bridgehead atoms. The number of nitrogens with one attached hydrogen (secondary N) is 2. The molecule has 2 aliphatic rings. The van der Waals surface area contributed by atoms with Gasteiger partial charge in [0.05, 0.1) is 42.3 Å². The molecule has 1 aliphatic heterocycles. The van der Waals surface area contributed by atoms with Crippen molar-refractivity contribution in [2.75, 3.05) is 25.6 Å². The molecule has 7 rings (SSSR count). The largest absolute Gasteiger partial charge is 0.481 e. The number of fused-ring (bicyclic) bond motifs is 2. The highest BCUT2D eigenvalue weighted by Crippen LogP contribution is 2.43. The van der Waals surface area contributed by atoms with Gasteiger partial charge in [0.2, 0.25) is 5.88 Å². The van der Waals surface area contributed by atoms with Crippen LogP contribution in [0.3, 0.4) is 0 Å². The Morgan fingerprint density at radius 3 is 2.62 bits per heavy atom. The van der Waals surface area contributed by atoms with E-state index in [0.717, 1.165) is 57.2 Å². The summed E-state index contributed by atoms with van der Waals surface area (Å²) in [5.41, 5.74) is 6.39. The van der Waals surface area contributed by atoms with Gasteiger partial charge in [-0.1, -0.05) is 41.9 Å². The lowest BCUT2D eigenvalue weighted by Crippen LogP contribution is -2.47. The van der Waals surface area contributed by atoms with Gasteiger partial charge in [0.1, 0.15) is 5.39 Å². The first-order valence-corrected chi connectivity index (χ1v) is 16.2. The van der Waals surface area contributed by atoms with E-state index in [2.05, 4.69) is 26.9 Å². The lowest BCUT2D eigenvalue weighted by Gasteiger charge is -2.31. The second-order valence-electron chi connectivity index (χ2n) is 12.3. The van der Waals surface area contributed by atoms with Crippen molar-refractivity contribution in [1.29, 1.82) is 0 Å². The van der Waals surface area contributed by atoms with Crippen molar-refractivity contribution in [3.05, 3.63) is 91.2 Å². The quantitative estimate of drug-likeness (QED) is 0.231. The maximum atomic E-state index is 13.1. The Morgan fingerprint density at radius 2 is 1.83 bits per heavy atom. The summed E-state index contributed by atoms with van der Waals surface area (Å²) in [7, 11) is 4.66. The van der Waals surface area contributed by atoms with E-state index in [4.69, 9.17) is 26.1 Å². The van der Waals surface area contributed by atoms with Gasteiger partial charge >= 0.3 is 5.69 Å². The normalized spacial score (nSPS) is 19.0. The van der Waals surface area contributed by atoms with E-state index in [1.165, 1.54) is 17.8 Å². The van der Waals surface area contributed by atoms with Crippen LogP contribution in [-0.2, 0) is 25.3 Å². The standard InChI is InChI=1S/C35H36ClN7O5/c1-18-20(7-6-10-23(18)39-32-30-27(16-37-41-32)42(2)35(46)43(3)34(30)45)21-8-5-9-22(31(21)36)26-15-19-11-12-25(29(19)33(40-26)47-4)38-24-13-14-48-17-28(24)44/h5-10,15-16,24-25,28,38,44H,11-14,17H2,1-4H3,(H,39,41)/t24-,25+,28-/m1/s1. The van der Waals surface area contributed by atoms with Gasteiger partial charge in [-0.3, -0.25) is 13.9 Å². The first kappa shape index (κ1) is 32.0. The molecule has 0 radical (unpaired) electrons. The van der Waals surface area contributed by atoms with Crippen LogP contribution in [0.2, 0.25) is 5.02 Å². The predicted molar refractivity (Wildman–Crippen MR) is 184 cm³/mol. The SMILES string of the molecule is COc1nc(-c2cccc(-c3cccc(Nc4nncc5c4c(=O)n(C)c(=O)n5C)c3C)c2Cl)cc2c1[C@@H](N[C@@H]1CCOC[C@H]1O)CC2. The van der Waals surface area contributed by atoms with Crippen molar-refractivity contribution in [1.82, 2.24) is 29.6 Å². The Hall–Kier alpha value is -4.62. The molecule has 13 heteroatoms. The van der Waals surface area contributed by atoms with Crippen LogP contribution >= 0.6 is 11.6 Å². The molecule has 1 saturated heterocycles. The number of anilines is 2.